The molecule has 0 radical (unpaired) electrons. The van der Waals surface area contributed by atoms with Crippen molar-refractivity contribution >= 4 is 11.3 Å². The molecule has 102 valence electrons. The van der Waals surface area contributed by atoms with Crippen LogP contribution in [0.5, 0.6) is 0 Å². The molecule has 1 aliphatic rings. The van der Waals surface area contributed by atoms with E-state index in [1.165, 1.54) is 37.0 Å². The third kappa shape index (κ3) is 3.16. The van der Waals surface area contributed by atoms with Gasteiger partial charge in [0.2, 0.25) is 0 Å². The predicted molar refractivity (Wildman–Crippen MR) is 81.1 cm³/mol. The standard InChI is InChI=1S/C16H27NS/c1-4-11-17-15(14-9-7-12-18-14)13-8-5-6-10-16(13,2)3/h7,9,12-13,15,17H,4-6,8,10-11H2,1-3H3. The van der Waals surface area contributed by atoms with Crippen LogP contribution in [0.1, 0.15) is 63.8 Å². The van der Waals surface area contributed by atoms with Crippen molar-refractivity contribution in [2.24, 2.45) is 11.3 Å². The molecule has 18 heavy (non-hydrogen) atoms. The summed E-state index contributed by atoms with van der Waals surface area (Å²) in [6, 6.07) is 5.07. The second kappa shape index (κ2) is 6.21. The molecule has 2 unspecified atom stereocenters. The van der Waals surface area contributed by atoms with Gasteiger partial charge in [-0.1, -0.05) is 39.7 Å². The maximum absolute atomic E-state index is 3.81. The van der Waals surface area contributed by atoms with E-state index in [9.17, 15) is 0 Å². The highest BCUT2D eigenvalue weighted by Gasteiger charge is 2.38. The first-order valence-electron chi connectivity index (χ1n) is 7.42. The molecule has 1 aromatic rings. The van der Waals surface area contributed by atoms with Crippen LogP contribution in [0.4, 0.5) is 0 Å². The summed E-state index contributed by atoms with van der Waals surface area (Å²) in [5.41, 5.74) is 0.480. The van der Waals surface area contributed by atoms with Gasteiger partial charge < -0.3 is 5.32 Å². The van der Waals surface area contributed by atoms with E-state index in [1.807, 2.05) is 11.3 Å². The molecule has 2 rings (SSSR count). The lowest BCUT2D eigenvalue weighted by Crippen LogP contribution is -2.39. The molecule has 1 N–H and O–H groups in total. The Morgan fingerprint density at radius 3 is 2.89 bits per heavy atom. The van der Waals surface area contributed by atoms with E-state index in [0.29, 0.717) is 11.5 Å². The van der Waals surface area contributed by atoms with Gasteiger partial charge in [0, 0.05) is 10.9 Å². The minimum atomic E-state index is 0.480. The van der Waals surface area contributed by atoms with Crippen LogP contribution in [-0.4, -0.2) is 6.54 Å². The highest BCUT2D eigenvalue weighted by molar-refractivity contribution is 7.10. The van der Waals surface area contributed by atoms with E-state index < -0.39 is 0 Å². The van der Waals surface area contributed by atoms with E-state index >= 15 is 0 Å². The van der Waals surface area contributed by atoms with Crippen LogP contribution < -0.4 is 5.32 Å². The van der Waals surface area contributed by atoms with Gasteiger partial charge in [-0.05, 0) is 48.6 Å². The molecule has 0 amide bonds. The zero-order valence-electron chi connectivity index (χ0n) is 12.0. The summed E-state index contributed by atoms with van der Waals surface area (Å²) in [7, 11) is 0. The van der Waals surface area contributed by atoms with Gasteiger partial charge in [-0.15, -0.1) is 11.3 Å². The Bertz CT molecular complexity index is 342. The van der Waals surface area contributed by atoms with Crippen LogP contribution in [0.15, 0.2) is 17.5 Å². The average molecular weight is 265 g/mol. The summed E-state index contributed by atoms with van der Waals surface area (Å²) in [5.74, 6) is 0.788. The third-order valence-electron chi connectivity index (χ3n) is 4.46. The third-order valence-corrected chi connectivity index (χ3v) is 5.41. The number of hydrogen-bond donors (Lipinski definition) is 1. The van der Waals surface area contributed by atoms with Gasteiger partial charge in [-0.3, -0.25) is 0 Å². The van der Waals surface area contributed by atoms with E-state index in [0.717, 1.165) is 12.5 Å². The van der Waals surface area contributed by atoms with Gasteiger partial charge in [0.15, 0.2) is 0 Å². The molecule has 1 heterocycles. The van der Waals surface area contributed by atoms with Crippen LogP contribution in [0.2, 0.25) is 0 Å². The van der Waals surface area contributed by atoms with Gasteiger partial charge in [0.1, 0.15) is 0 Å². The van der Waals surface area contributed by atoms with Crippen molar-refractivity contribution in [1.29, 1.82) is 0 Å². The topological polar surface area (TPSA) is 12.0 Å². The zero-order chi connectivity index (χ0) is 13.0. The van der Waals surface area contributed by atoms with E-state index in [2.05, 4.69) is 43.6 Å². The van der Waals surface area contributed by atoms with Crippen LogP contribution in [0.3, 0.4) is 0 Å². The predicted octanol–water partition coefficient (Wildman–Crippen LogP) is 5.01. The van der Waals surface area contributed by atoms with Gasteiger partial charge in [-0.25, -0.2) is 0 Å². The summed E-state index contributed by atoms with van der Waals surface area (Å²) in [4.78, 5) is 1.53. The molecule has 0 aliphatic heterocycles. The highest BCUT2D eigenvalue weighted by Crippen LogP contribution is 2.47. The summed E-state index contributed by atoms with van der Waals surface area (Å²) in [6.07, 6.45) is 6.80. The Hall–Kier alpha value is -0.340. The van der Waals surface area contributed by atoms with Crippen LogP contribution in [0, 0.1) is 11.3 Å². The Morgan fingerprint density at radius 2 is 2.28 bits per heavy atom. The van der Waals surface area contributed by atoms with Crippen molar-refractivity contribution < 1.29 is 0 Å². The summed E-state index contributed by atoms with van der Waals surface area (Å²) in [5, 5.41) is 6.02. The van der Waals surface area contributed by atoms with Crippen molar-refractivity contribution in [2.75, 3.05) is 6.54 Å². The molecule has 2 atom stereocenters. The van der Waals surface area contributed by atoms with Crippen molar-refractivity contribution in [3.05, 3.63) is 22.4 Å². The summed E-state index contributed by atoms with van der Waals surface area (Å²) < 4.78 is 0. The molecule has 1 fully saturated rings. The maximum atomic E-state index is 3.81. The second-order valence-electron chi connectivity index (χ2n) is 6.29. The lowest BCUT2D eigenvalue weighted by Gasteiger charge is -2.43. The molecule has 0 saturated heterocycles. The molecule has 0 spiro atoms. The quantitative estimate of drug-likeness (QED) is 0.789. The molecule has 1 saturated carbocycles. The normalized spacial score (nSPS) is 24.9. The zero-order valence-corrected chi connectivity index (χ0v) is 12.9. The first kappa shape index (κ1) is 14.1. The molecule has 2 heteroatoms. The minimum Gasteiger partial charge on any atom is -0.309 e. The van der Waals surface area contributed by atoms with E-state index in [-0.39, 0.29) is 0 Å². The van der Waals surface area contributed by atoms with E-state index in [4.69, 9.17) is 0 Å². The molecular formula is C16H27NS. The second-order valence-corrected chi connectivity index (χ2v) is 7.27. The van der Waals surface area contributed by atoms with Crippen molar-refractivity contribution in [1.82, 2.24) is 5.32 Å². The number of hydrogen-bond acceptors (Lipinski definition) is 2. The lowest BCUT2D eigenvalue weighted by molar-refractivity contribution is 0.0994. The van der Waals surface area contributed by atoms with Gasteiger partial charge in [-0.2, -0.15) is 0 Å². The van der Waals surface area contributed by atoms with Crippen LogP contribution >= 0.6 is 11.3 Å². The Kier molecular flexibility index (Phi) is 4.85. The van der Waals surface area contributed by atoms with Crippen LogP contribution in [-0.2, 0) is 0 Å². The summed E-state index contributed by atoms with van der Waals surface area (Å²) >= 11 is 1.91. The Labute approximate surface area is 116 Å². The molecular weight excluding hydrogens is 238 g/mol. The fraction of sp³-hybridized carbons (Fsp3) is 0.750. The smallest absolute Gasteiger partial charge is 0.0448 e. The van der Waals surface area contributed by atoms with Crippen molar-refractivity contribution in [3.63, 3.8) is 0 Å². The molecule has 1 nitrogen and oxygen atoms in total. The van der Waals surface area contributed by atoms with Gasteiger partial charge >= 0.3 is 0 Å². The molecule has 1 aromatic heterocycles. The Balaban J connectivity index is 2.17. The van der Waals surface area contributed by atoms with E-state index in [1.54, 1.807) is 0 Å². The fourth-order valence-electron chi connectivity index (χ4n) is 3.35. The minimum absolute atomic E-state index is 0.480. The fourth-order valence-corrected chi connectivity index (χ4v) is 4.21. The first-order chi connectivity index (χ1) is 8.65. The monoisotopic (exact) mass is 265 g/mol. The molecule has 0 aromatic carbocycles. The summed E-state index contributed by atoms with van der Waals surface area (Å²) in [6.45, 7) is 8.32. The van der Waals surface area contributed by atoms with Crippen molar-refractivity contribution in [2.45, 2.75) is 58.9 Å². The van der Waals surface area contributed by atoms with Gasteiger partial charge in [0.25, 0.3) is 0 Å². The molecule has 0 bridgehead atoms. The number of rotatable bonds is 5. The lowest BCUT2D eigenvalue weighted by atomic mass is 9.65. The highest BCUT2D eigenvalue weighted by atomic mass is 32.1. The number of thiophene rings is 1. The largest absolute Gasteiger partial charge is 0.309 e. The molecule has 1 aliphatic carbocycles. The average Bonchev–Trinajstić information content (AvgIpc) is 2.85. The first-order valence-corrected chi connectivity index (χ1v) is 8.30. The van der Waals surface area contributed by atoms with Gasteiger partial charge in [0.05, 0.1) is 0 Å². The maximum Gasteiger partial charge on any atom is 0.0448 e. The Morgan fingerprint density at radius 1 is 1.44 bits per heavy atom. The van der Waals surface area contributed by atoms with Crippen LogP contribution in [0.25, 0.3) is 0 Å². The number of nitrogens with one attached hydrogen (secondary N) is 1. The SMILES string of the molecule is CCCNC(c1cccs1)C1CCCCC1(C)C. The van der Waals surface area contributed by atoms with Crippen molar-refractivity contribution in [3.8, 4) is 0 Å².